The third-order valence-electron chi connectivity index (χ3n) is 12.5. The summed E-state index contributed by atoms with van der Waals surface area (Å²) in [5.41, 5.74) is 0.133. The van der Waals surface area contributed by atoms with Gasteiger partial charge in [0.2, 0.25) is 18.9 Å². The topological polar surface area (TPSA) is 309 Å². The number of epoxide rings is 1. The van der Waals surface area contributed by atoms with E-state index in [1.165, 1.54) is 19.3 Å². The molecular weight excluding hydrogens is 840 g/mol. The van der Waals surface area contributed by atoms with Gasteiger partial charge < -0.3 is 88.2 Å². The van der Waals surface area contributed by atoms with Crippen molar-refractivity contribution in [1.29, 1.82) is 0 Å². The van der Waals surface area contributed by atoms with Crippen molar-refractivity contribution in [1.82, 2.24) is 0 Å². The van der Waals surface area contributed by atoms with Crippen LogP contribution in [0.25, 0.3) is 6.08 Å². The van der Waals surface area contributed by atoms with E-state index in [0.717, 1.165) is 11.8 Å². The highest BCUT2D eigenvalue weighted by atomic mass is 16.8. The van der Waals surface area contributed by atoms with Crippen LogP contribution in [0.1, 0.15) is 25.3 Å². The van der Waals surface area contributed by atoms with Gasteiger partial charge in [-0.15, -0.1) is 0 Å². The Labute approximate surface area is 359 Å². The lowest BCUT2D eigenvalue weighted by Gasteiger charge is -2.44. The fourth-order valence-electron chi connectivity index (χ4n) is 9.17. The summed E-state index contributed by atoms with van der Waals surface area (Å²) in [6.45, 7) is -0.849. The van der Waals surface area contributed by atoms with Crippen molar-refractivity contribution < 1.29 is 103 Å². The van der Waals surface area contributed by atoms with E-state index in [-0.39, 0.29) is 37.2 Å². The molecule has 5 heterocycles. The van der Waals surface area contributed by atoms with Gasteiger partial charge in [0, 0.05) is 30.4 Å². The standard InChI is InChI=1S/C42H50O21/c1-18(45)55-15-20-8-9-21-23(16-56-38(27(20)21)61-40-34(52)32(50)30(48)24(13-43)58-40)37(53)60-35-33(51)31(49)25(14-44)59-41(35)62-39-28-22(11-12-54-39)29(47)36-42(28,63-36)17-57-26(46)10-7-19-5-3-2-4-6-19/h2-7,10-12,16,21-22,24-25,28-36,38-41,43-44,47-52H,8-9,13-15,17H2,1H3/t21-,22+,24-,25-,28+,29+,30-,31-,32+,33+,34-,35-,36+,38+,39+,40+,41+,42-/m1/s1. The molecular formula is C42H50O21. The Kier molecular flexibility index (Phi) is 13.4. The maximum Gasteiger partial charge on any atom is 0.338 e. The predicted octanol–water partition coefficient (Wildman–Crippen LogP) is -2.45. The van der Waals surface area contributed by atoms with Gasteiger partial charge in [-0.1, -0.05) is 30.3 Å². The lowest BCUT2D eigenvalue weighted by atomic mass is 9.85. The molecule has 4 fully saturated rings. The number of carbonyl (C=O) groups is 3. The molecule has 5 aliphatic heterocycles. The lowest BCUT2D eigenvalue weighted by Crippen LogP contribution is -2.62. The first kappa shape index (κ1) is 45.2. The van der Waals surface area contributed by atoms with Crippen molar-refractivity contribution in [2.75, 3.05) is 26.4 Å². The molecule has 63 heavy (non-hydrogen) atoms. The Morgan fingerprint density at radius 1 is 0.825 bits per heavy atom. The Morgan fingerprint density at radius 2 is 1.54 bits per heavy atom. The lowest BCUT2D eigenvalue weighted by molar-refractivity contribution is -0.345. The maximum absolute atomic E-state index is 14.2. The quantitative estimate of drug-likeness (QED) is 0.0316. The first-order chi connectivity index (χ1) is 30.3. The van der Waals surface area contributed by atoms with Crippen LogP contribution in [0.4, 0.5) is 0 Å². The summed E-state index contributed by atoms with van der Waals surface area (Å²) >= 11 is 0. The predicted molar refractivity (Wildman–Crippen MR) is 204 cm³/mol. The Balaban J connectivity index is 1.01. The third-order valence-corrected chi connectivity index (χ3v) is 12.5. The third kappa shape index (κ3) is 8.78. The van der Waals surface area contributed by atoms with Gasteiger partial charge in [0.1, 0.15) is 67.6 Å². The van der Waals surface area contributed by atoms with E-state index in [0.29, 0.717) is 5.57 Å². The number of ether oxygens (including phenoxy) is 10. The van der Waals surface area contributed by atoms with Crippen LogP contribution in [0.3, 0.4) is 0 Å². The smallest absolute Gasteiger partial charge is 0.338 e. The number of aliphatic hydroxyl groups is 8. The molecule has 1 aromatic rings. The van der Waals surface area contributed by atoms with E-state index in [1.54, 1.807) is 24.3 Å². The molecule has 0 spiro atoms. The van der Waals surface area contributed by atoms with E-state index in [1.807, 2.05) is 18.2 Å². The van der Waals surface area contributed by atoms with Crippen molar-refractivity contribution >= 4 is 24.0 Å². The van der Waals surface area contributed by atoms with Gasteiger partial charge in [-0.05, 0) is 36.1 Å². The monoisotopic (exact) mass is 890 g/mol. The van der Waals surface area contributed by atoms with Crippen LogP contribution in [-0.2, 0) is 61.8 Å². The molecule has 8 rings (SSSR count). The normalized spacial score (nSPS) is 41.4. The molecule has 21 nitrogen and oxygen atoms in total. The molecule has 0 bridgehead atoms. The number of rotatable bonds is 14. The van der Waals surface area contributed by atoms with Gasteiger partial charge in [0.15, 0.2) is 12.4 Å². The van der Waals surface area contributed by atoms with Crippen LogP contribution in [0.5, 0.6) is 0 Å². The highest BCUT2D eigenvalue weighted by Crippen LogP contribution is 2.60. The summed E-state index contributed by atoms with van der Waals surface area (Å²) in [5, 5.41) is 84.5. The van der Waals surface area contributed by atoms with Crippen molar-refractivity contribution in [3.8, 4) is 0 Å². The van der Waals surface area contributed by atoms with E-state index in [2.05, 4.69) is 0 Å². The Morgan fingerprint density at radius 3 is 2.25 bits per heavy atom. The first-order valence-electron chi connectivity index (χ1n) is 20.5. The number of carbonyl (C=O) groups excluding carboxylic acids is 3. The average Bonchev–Trinajstić information content (AvgIpc) is 3.77. The van der Waals surface area contributed by atoms with Gasteiger partial charge in [-0.2, -0.15) is 0 Å². The molecule has 344 valence electrons. The summed E-state index contributed by atoms with van der Waals surface area (Å²) in [6.07, 6.45) is -14.2. The van der Waals surface area contributed by atoms with Crippen LogP contribution >= 0.6 is 0 Å². The van der Waals surface area contributed by atoms with Crippen molar-refractivity contribution in [2.24, 2.45) is 17.8 Å². The molecule has 3 saturated heterocycles. The second-order valence-electron chi connectivity index (χ2n) is 16.3. The minimum Gasteiger partial charge on any atom is -0.472 e. The zero-order valence-corrected chi connectivity index (χ0v) is 33.7. The zero-order chi connectivity index (χ0) is 44.7. The molecule has 0 unspecified atom stereocenters. The molecule has 0 aromatic heterocycles. The minimum atomic E-state index is -1.91. The van der Waals surface area contributed by atoms with Gasteiger partial charge in [-0.3, -0.25) is 4.79 Å². The van der Waals surface area contributed by atoms with Crippen molar-refractivity contribution in [2.45, 2.75) is 112 Å². The van der Waals surface area contributed by atoms with E-state index in [4.69, 9.17) is 47.4 Å². The SMILES string of the molecule is CC(=O)OCC1=C2[C@H](O[C@@H]3O[C@H](CO)[C@@H](O)[C@H](O)[C@H]3O)OC=C(C(=O)O[C@H]3[C@H](O[C@@H]4OC=C[C@@H]5[C@H](O)[C@@H]6O[C@]6(COC(=O)C=Cc6ccccc6)[C@H]45)O[C@H](CO)[C@@H](O)[C@@H]3O)[C@H]2CC1. The molecule has 7 aliphatic rings. The van der Waals surface area contributed by atoms with Gasteiger partial charge in [0.25, 0.3) is 0 Å². The number of hydrogen-bond donors (Lipinski definition) is 8. The van der Waals surface area contributed by atoms with Crippen LogP contribution in [0, 0.1) is 17.8 Å². The van der Waals surface area contributed by atoms with Crippen molar-refractivity contribution in [3.63, 3.8) is 0 Å². The van der Waals surface area contributed by atoms with Crippen LogP contribution < -0.4 is 0 Å². The summed E-state index contributed by atoms with van der Waals surface area (Å²) < 4.78 is 57.8. The summed E-state index contributed by atoms with van der Waals surface area (Å²) in [5.74, 6) is -4.69. The molecule has 2 aliphatic carbocycles. The molecule has 18 atom stereocenters. The largest absolute Gasteiger partial charge is 0.472 e. The van der Waals surface area contributed by atoms with Gasteiger partial charge in [0.05, 0.1) is 43.3 Å². The van der Waals surface area contributed by atoms with Crippen molar-refractivity contribution in [3.05, 3.63) is 77.3 Å². The minimum absolute atomic E-state index is 0.117. The number of aliphatic hydroxyl groups excluding tert-OH is 8. The summed E-state index contributed by atoms with van der Waals surface area (Å²) in [6, 6.07) is 9.06. The summed E-state index contributed by atoms with van der Waals surface area (Å²) in [7, 11) is 0. The van der Waals surface area contributed by atoms with E-state index < -0.39 is 141 Å². The fraction of sp³-hybridized carbons (Fsp3) is 0.595. The second-order valence-corrected chi connectivity index (χ2v) is 16.3. The first-order valence-corrected chi connectivity index (χ1v) is 20.5. The van der Waals surface area contributed by atoms with Gasteiger partial charge in [-0.25, -0.2) is 9.59 Å². The number of benzene rings is 1. The molecule has 0 amide bonds. The Bertz CT molecular complexity index is 1970. The summed E-state index contributed by atoms with van der Waals surface area (Å²) in [4.78, 5) is 38.7. The fourth-order valence-corrected chi connectivity index (χ4v) is 9.17. The molecule has 1 aromatic carbocycles. The molecule has 1 saturated carbocycles. The van der Waals surface area contributed by atoms with Crippen LogP contribution in [0.2, 0.25) is 0 Å². The molecule has 0 radical (unpaired) electrons. The number of esters is 3. The zero-order valence-electron chi connectivity index (χ0n) is 33.7. The number of fused-ring (bicyclic) bond motifs is 4. The average molecular weight is 891 g/mol. The number of hydrogen-bond acceptors (Lipinski definition) is 21. The highest BCUT2D eigenvalue weighted by Gasteiger charge is 2.76. The Hall–Kier alpha value is -4.33. The highest BCUT2D eigenvalue weighted by molar-refractivity contribution is 5.90. The molecule has 21 heteroatoms. The van der Waals surface area contributed by atoms with Gasteiger partial charge >= 0.3 is 17.9 Å². The second kappa shape index (κ2) is 18.6. The molecule has 8 N–H and O–H groups in total. The van der Waals surface area contributed by atoms with E-state index in [9.17, 15) is 55.2 Å². The van der Waals surface area contributed by atoms with E-state index >= 15 is 0 Å². The maximum atomic E-state index is 14.2. The van der Waals surface area contributed by atoms with Crippen LogP contribution in [0.15, 0.2) is 71.7 Å². The van der Waals surface area contributed by atoms with Crippen LogP contribution in [-0.4, -0.2) is 177 Å².